The van der Waals surface area contributed by atoms with Gasteiger partial charge in [0.25, 0.3) is 0 Å². The highest BCUT2D eigenvalue weighted by atomic mass is 79.9. The third kappa shape index (κ3) is 1.54. The van der Waals surface area contributed by atoms with E-state index in [0.29, 0.717) is 0 Å². The van der Waals surface area contributed by atoms with Crippen molar-refractivity contribution in [1.29, 1.82) is 0 Å². The minimum Gasteiger partial charge on any atom is -0.496 e. The molecule has 2 heteroatoms. The molecule has 0 saturated carbocycles. The van der Waals surface area contributed by atoms with Crippen LogP contribution in [-0.4, -0.2) is 7.11 Å². The third-order valence-electron chi connectivity index (χ3n) is 2.01. The highest BCUT2D eigenvalue weighted by molar-refractivity contribution is 9.10. The van der Waals surface area contributed by atoms with Crippen LogP contribution in [0.5, 0.6) is 5.75 Å². The van der Waals surface area contributed by atoms with Gasteiger partial charge < -0.3 is 4.74 Å². The Kier molecular flexibility index (Phi) is 2.23. The van der Waals surface area contributed by atoms with E-state index in [0.717, 1.165) is 15.6 Å². The zero-order valence-electron chi connectivity index (χ0n) is 7.25. The Balaban J connectivity index is 2.81. The molecular formula is C11H9BrO. The second kappa shape index (κ2) is 3.38. The zero-order chi connectivity index (χ0) is 9.26. The maximum atomic E-state index is 5.28. The lowest BCUT2D eigenvalue weighted by atomic mass is 10.1. The average molecular weight is 237 g/mol. The van der Waals surface area contributed by atoms with Gasteiger partial charge in [0.05, 0.1) is 7.11 Å². The Bertz CT molecular complexity index is 437. The molecule has 0 aliphatic rings. The second-order valence-electron chi connectivity index (χ2n) is 2.83. The molecule has 13 heavy (non-hydrogen) atoms. The lowest BCUT2D eigenvalue weighted by Crippen LogP contribution is -1.84. The SMILES string of the molecule is COc1cc(Br)cc2ccccc12. The van der Waals surface area contributed by atoms with Gasteiger partial charge in [-0.05, 0) is 17.5 Å². The van der Waals surface area contributed by atoms with Crippen LogP contribution in [0.1, 0.15) is 0 Å². The molecule has 0 amide bonds. The molecule has 66 valence electrons. The van der Waals surface area contributed by atoms with Crippen LogP contribution >= 0.6 is 15.9 Å². The maximum Gasteiger partial charge on any atom is 0.127 e. The van der Waals surface area contributed by atoms with Gasteiger partial charge in [0.1, 0.15) is 5.75 Å². The normalized spacial score (nSPS) is 10.3. The van der Waals surface area contributed by atoms with Gasteiger partial charge in [-0.3, -0.25) is 0 Å². The summed E-state index contributed by atoms with van der Waals surface area (Å²) in [5.74, 6) is 0.907. The summed E-state index contributed by atoms with van der Waals surface area (Å²) < 4.78 is 6.32. The highest BCUT2D eigenvalue weighted by Crippen LogP contribution is 2.29. The Labute approximate surface area is 85.5 Å². The molecule has 2 aromatic rings. The van der Waals surface area contributed by atoms with Crippen LogP contribution in [0.2, 0.25) is 0 Å². The van der Waals surface area contributed by atoms with Crippen molar-refractivity contribution >= 4 is 26.7 Å². The number of benzene rings is 2. The minimum absolute atomic E-state index is 0.907. The summed E-state index contributed by atoms with van der Waals surface area (Å²) >= 11 is 3.44. The molecule has 0 heterocycles. The van der Waals surface area contributed by atoms with Crippen molar-refractivity contribution < 1.29 is 4.74 Å². The molecule has 0 bridgehead atoms. The minimum atomic E-state index is 0.907. The van der Waals surface area contributed by atoms with E-state index in [9.17, 15) is 0 Å². The van der Waals surface area contributed by atoms with E-state index in [-0.39, 0.29) is 0 Å². The van der Waals surface area contributed by atoms with Crippen molar-refractivity contribution in [2.45, 2.75) is 0 Å². The lowest BCUT2D eigenvalue weighted by molar-refractivity contribution is 0.419. The van der Waals surface area contributed by atoms with Gasteiger partial charge >= 0.3 is 0 Å². The van der Waals surface area contributed by atoms with Gasteiger partial charge in [-0.1, -0.05) is 40.2 Å². The predicted molar refractivity (Wildman–Crippen MR) is 58.2 cm³/mol. The van der Waals surface area contributed by atoms with Crippen LogP contribution < -0.4 is 4.74 Å². The number of rotatable bonds is 1. The zero-order valence-corrected chi connectivity index (χ0v) is 8.84. The fraction of sp³-hybridized carbons (Fsp3) is 0.0909. The van der Waals surface area contributed by atoms with Crippen LogP contribution in [-0.2, 0) is 0 Å². The summed E-state index contributed by atoms with van der Waals surface area (Å²) in [4.78, 5) is 0. The van der Waals surface area contributed by atoms with Crippen molar-refractivity contribution in [3.63, 3.8) is 0 Å². The van der Waals surface area contributed by atoms with Crippen LogP contribution in [0.4, 0.5) is 0 Å². The molecule has 0 saturated heterocycles. The molecule has 0 fully saturated rings. The fourth-order valence-corrected chi connectivity index (χ4v) is 1.86. The Morgan fingerprint density at radius 1 is 1.15 bits per heavy atom. The van der Waals surface area contributed by atoms with E-state index in [4.69, 9.17) is 4.74 Å². The Hall–Kier alpha value is -1.02. The standard InChI is InChI=1S/C11H9BrO/c1-13-11-7-9(12)6-8-4-2-3-5-10(8)11/h2-7H,1H3. The van der Waals surface area contributed by atoms with Crippen molar-refractivity contribution in [3.05, 3.63) is 40.9 Å². The molecule has 2 rings (SSSR count). The number of hydrogen-bond donors (Lipinski definition) is 0. The van der Waals surface area contributed by atoms with Gasteiger partial charge in [0.2, 0.25) is 0 Å². The van der Waals surface area contributed by atoms with Crippen LogP contribution in [0.3, 0.4) is 0 Å². The molecule has 0 spiro atoms. The maximum absolute atomic E-state index is 5.28. The number of fused-ring (bicyclic) bond motifs is 1. The molecule has 1 nitrogen and oxygen atoms in total. The lowest BCUT2D eigenvalue weighted by Gasteiger charge is -2.05. The molecule has 0 aliphatic carbocycles. The molecule has 0 aliphatic heterocycles. The summed E-state index contributed by atoms with van der Waals surface area (Å²) in [5, 5.41) is 2.34. The van der Waals surface area contributed by atoms with Gasteiger partial charge in [-0.2, -0.15) is 0 Å². The summed E-state index contributed by atoms with van der Waals surface area (Å²) in [7, 11) is 1.69. The van der Waals surface area contributed by atoms with E-state index in [2.05, 4.69) is 34.1 Å². The Morgan fingerprint density at radius 2 is 1.92 bits per heavy atom. The van der Waals surface area contributed by atoms with Gasteiger partial charge in [0, 0.05) is 9.86 Å². The molecule has 0 unspecified atom stereocenters. The number of ether oxygens (including phenoxy) is 1. The molecule has 0 aromatic heterocycles. The quantitative estimate of drug-likeness (QED) is 0.736. The van der Waals surface area contributed by atoms with Gasteiger partial charge in [-0.25, -0.2) is 0 Å². The largest absolute Gasteiger partial charge is 0.496 e. The van der Waals surface area contributed by atoms with E-state index < -0.39 is 0 Å². The monoisotopic (exact) mass is 236 g/mol. The van der Waals surface area contributed by atoms with Gasteiger partial charge in [0.15, 0.2) is 0 Å². The first kappa shape index (κ1) is 8.57. The summed E-state index contributed by atoms with van der Waals surface area (Å²) in [6.45, 7) is 0. The number of halogens is 1. The fourth-order valence-electron chi connectivity index (χ4n) is 1.41. The van der Waals surface area contributed by atoms with Crippen LogP contribution in [0, 0.1) is 0 Å². The predicted octanol–water partition coefficient (Wildman–Crippen LogP) is 3.61. The number of hydrogen-bond acceptors (Lipinski definition) is 1. The van der Waals surface area contributed by atoms with Crippen molar-refractivity contribution in [2.24, 2.45) is 0 Å². The second-order valence-corrected chi connectivity index (χ2v) is 3.74. The Morgan fingerprint density at radius 3 is 2.69 bits per heavy atom. The summed E-state index contributed by atoms with van der Waals surface area (Å²) in [6.07, 6.45) is 0. The molecule has 0 N–H and O–H groups in total. The summed E-state index contributed by atoms with van der Waals surface area (Å²) in [5.41, 5.74) is 0. The first-order valence-electron chi connectivity index (χ1n) is 4.03. The van der Waals surface area contributed by atoms with Gasteiger partial charge in [-0.15, -0.1) is 0 Å². The van der Waals surface area contributed by atoms with Crippen molar-refractivity contribution in [3.8, 4) is 5.75 Å². The van der Waals surface area contributed by atoms with E-state index in [1.807, 2.05) is 18.2 Å². The first-order valence-corrected chi connectivity index (χ1v) is 4.83. The van der Waals surface area contributed by atoms with Crippen molar-refractivity contribution in [2.75, 3.05) is 7.11 Å². The molecule has 0 atom stereocenters. The third-order valence-corrected chi connectivity index (χ3v) is 2.47. The number of methoxy groups -OCH3 is 1. The smallest absolute Gasteiger partial charge is 0.127 e. The van der Waals surface area contributed by atoms with E-state index in [1.165, 1.54) is 5.39 Å². The van der Waals surface area contributed by atoms with E-state index >= 15 is 0 Å². The average Bonchev–Trinajstić information content (AvgIpc) is 2.16. The summed E-state index contributed by atoms with van der Waals surface area (Å²) in [6, 6.07) is 12.2. The highest BCUT2D eigenvalue weighted by Gasteiger charge is 2.01. The van der Waals surface area contributed by atoms with E-state index in [1.54, 1.807) is 7.11 Å². The topological polar surface area (TPSA) is 9.23 Å². The van der Waals surface area contributed by atoms with Crippen LogP contribution in [0.15, 0.2) is 40.9 Å². The molecule has 2 aromatic carbocycles. The van der Waals surface area contributed by atoms with Crippen molar-refractivity contribution in [1.82, 2.24) is 0 Å². The molecule has 0 radical (unpaired) electrons. The first-order chi connectivity index (χ1) is 6.31. The van der Waals surface area contributed by atoms with Crippen LogP contribution in [0.25, 0.3) is 10.8 Å². The molecular weight excluding hydrogens is 228 g/mol.